The molecule has 8 heteroatoms. The molecular weight excluding hydrogens is 227 g/mol. The summed E-state index contributed by atoms with van der Waals surface area (Å²) in [6, 6.07) is 0. The van der Waals surface area contributed by atoms with Crippen molar-refractivity contribution in [1.29, 1.82) is 0 Å². The standard InChI is InChI=1S/C8H10F3N3O2/c9-8(10,11)4-15-3-5-13-6(16-14-5)7(12)1-2-7/h1-4,12H2. The van der Waals surface area contributed by atoms with Crippen molar-refractivity contribution in [3.8, 4) is 0 Å². The summed E-state index contributed by atoms with van der Waals surface area (Å²) in [5.41, 5.74) is 5.19. The number of nitrogens with two attached hydrogens (primary N) is 1. The molecule has 2 N–H and O–H groups in total. The highest BCUT2D eigenvalue weighted by Crippen LogP contribution is 2.41. The van der Waals surface area contributed by atoms with Crippen molar-refractivity contribution in [2.24, 2.45) is 5.73 Å². The molecule has 2 rings (SSSR count). The Morgan fingerprint density at radius 3 is 2.69 bits per heavy atom. The Balaban J connectivity index is 1.84. The second-order valence-corrected chi connectivity index (χ2v) is 3.78. The van der Waals surface area contributed by atoms with E-state index in [1.165, 1.54) is 0 Å². The van der Waals surface area contributed by atoms with Gasteiger partial charge in [-0.25, -0.2) is 0 Å². The van der Waals surface area contributed by atoms with Crippen LogP contribution >= 0.6 is 0 Å². The predicted molar refractivity (Wildman–Crippen MR) is 45.1 cm³/mol. The lowest BCUT2D eigenvalue weighted by molar-refractivity contribution is -0.177. The molecule has 0 radical (unpaired) electrons. The highest BCUT2D eigenvalue weighted by molar-refractivity contribution is 5.11. The van der Waals surface area contributed by atoms with E-state index in [4.69, 9.17) is 10.3 Å². The smallest absolute Gasteiger partial charge is 0.364 e. The summed E-state index contributed by atoms with van der Waals surface area (Å²) in [4.78, 5) is 3.87. The van der Waals surface area contributed by atoms with Crippen LogP contribution in [0.15, 0.2) is 4.52 Å². The first kappa shape index (κ1) is 11.3. The van der Waals surface area contributed by atoms with Crippen LogP contribution in [0.5, 0.6) is 0 Å². The molecule has 1 heterocycles. The molecule has 0 aliphatic heterocycles. The van der Waals surface area contributed by atoms with E-state index in [0.717, 1.165) is 12.8 Å². The summed E-state index contributed by atoms with van der Waals surface area (Å²) in [5, 5.41) is 3.48. The number of nitrogens with zero attached hydrogens (tertiary/aromatic N) is 2. The van der Waals surface area contributed by atoms with Crippen LogP contribution in [0.1, 0.15) is 24.6 Å². The van der Waals surface area contributed by atoms with Crippen LogP contribution in [0.3, 0.4) is 0 Å². The molecule has 0 amide bonds. The van der Waals surface area contributed by atoms with Crippen LogP contribution in [0.2, 0.25) is 0 Å². The molecule has 0 unspecified atom stereocenters. The van der Waals surface area contributed by atoms with Gasteiger partial charge >= 0.3 is 6.18 Å². The largest absolute Gasteiger partial charge is 0.411 e. The third-order valence-electron chi connectivity index (χ3n) is 2.18. The molecule has 0 aromatic carbocycles. The van der Waals surface area contributed by atoms with Crippen LogP contribution in [0, 0.1) is 0 Å². The van der Waals surface area contributed by atoms with Crippen LogP contribution in [-0.2, 0) is 16.9 Å². The predicted octanol–water partition coefficient (Wildman–Crippen LogP) is 1.10. The Bertz CT molecular complexity index is 373. The molecule has 0 saturated heterocycles. The van der Waals surface area contributed by atoms with Gasteiger partial charge in [-0.05, 0) is 12.8 Å². The van der Waals surface area contributed by atoms with Crippen molar-refractivity contribution in [1.82, 2.24) is 10.1 Å². The first-order chi connectivity index (χ1) is 7.39. The van der Waals surface area contributed by atoms with Gasteiger partial charge in [-0.1, -0.05) is 5.16 Å². The van der Waals surface area contributed by atoms with Gasteiger partial charge in [0.25, 0.3) is 0 Å². The van der Waals surface area contributed by atoms with Gasteiger partial charge in [-0.2, -0.15) is 18.2 Å². The fourth-order valence-electron chi connectivity index (χ4n) is 1.12. The lowest BCUT2D eigenvalue weighted by Crippen LogP contribution is -2.19. The zero-order valence-corrected chi connectivity index (χ0v) is 8.25. The van der Waals surface area contributed by atoms with Crippen LogP contribution in [0.4, 0.5) is 13.2 Å². The summed E-state index contributed by atoms with van der Waals surface area (Å²) in [5.74, 6) is 0.342. The molecule has 90 valence electrons. The van der Waals surface area contributed by atoms with Crippen LogP contribution in [-0.4, -0.2) is 22.9 Å². The normalized spacial score (nSPS) is 18.8. The van der Waals surface area contributed by atoms with Gasteiger partial charge in [-0.15, -0.1) is 0 Å². The average Bonchev–Trinajstić information content (AvgIpc) is 2.75. The molecule has 5 nitrogen and oxygen atoms in total. The van der Waals surface area contributed by atoms with Crippen molar-refractivity contribution < 1.29 is 22.4 Å². The van der Waals surface area contributed by atoms with Gasteiger partial charge in [-0.3, -0.25) is 0 Å². The first-order valence-corrected chi connectivity index (χ1v) is 4.65. The summed E-state index contributed by atoms with van der Waals surface area (Å²) < 4.78 is 44.5. The lowest BCUT2D eigenvalue weighted by Gasteiger charge is -2.04. The van der Waals surface area contributed by atoms with Gasteiger partial charge in [0, 0.05) is 0 Å². The Kier molecular flexibility index (Phi) is 2.62. The maximum absolute atomic E-state index is 11.8. The second-order valence-electron chi connectivity index (χ2n) is 3.78. The summed E-state index contributed by atoms with van der Waals surface area (Å²) in [7, 11) is 0. The highest BCUT2D eigenvalue weighted by atomic mass is 19.4. The number of aromatic nitrogens is 2. The average molecular weight is 237 g/mol. The minimum atomic E-state index is -4.35. The molecule has 1 aromatic rings. The van der Waals surface area contributed by atoms with E-state index in [1.54, 1.807) is 0 Å². The van der Waals surface area contributed by atoms with Gasteiger partial charge in [0.1, 0.15) is 13.2 Å². The number of hydrogen-bond acceptors (Lipinski definition) is 5. The number of hydrogen-bond donors (Lipinski definition) is 1. The minimum absolute atomic E-state index is 0.0796. The number of ether oxygens (including phenoxy) is 1. The third kappa shape index (κ3) is 2.70. The molecule has 1 fully saturated rings. The van der Waals surface area contributed by atoms with Crippen molar-refractivity contribution in [2.75, 3.05) is 6.61 Å². The molecule has 1 aliphatic carbocycles. The van der Waals surface area contributed by atoms with Gasteiger partial charge in [0.2, 0.25) is 5.89 Å². The maximum atomic E-state index is 11.8. The SMILES string of the molecule is NC1(c2nc(COCC(F)(F)F)no2)CC1. The van der Waals surface area contributed by atoms with Crippen molar-refractivity contribution in [2.45, 2.75) is 31.2 Å². The Morgan fingerprint density at radius 2 is 2.12 bits per heavy atom. The molecule has 0 atom stereocenters. The topological polar surface area (TPSA) is 74.2 Å². The van der Waals surface area contributed by atoms with E-state index in [9.17, 15) is 13.2 Å². The number of alkyl halides is 3. The number of rotatable bonds is 4. The van der Waals surface area contributed by atoms with Crippen molar-refractivity contribution >= 4 is 0 Å². The molecule has 1 saturated carbocycles. The van der Waals surface area contributed by atoms with Gasteiger partial charge < -0.3 is 15.0 Å². The highest BCUT2D eigenvalue weighted by Gasteiger charge is 2.45. The summed E-state index contributed by atoms with van der Waals surface area (Å²) >= 11 is 0. The van der Waals surface area contributed by atoms with Crippen molar-refractivity contribution in [3.63, 3.8) is 0 Å². The lowest BCUT2D eigenvalue weighted by atomic mass is 10.3. The molecular formula is C8H10F3N3O2. The van der Waals surface area contributed by atoms with E-state index >= 15 is 0 Å². The first-order valence-electron chi connectivity index (χ1n) is 4.65. The minimum Gasteiger partial charge on any atom is -0.364 e. The Morgan fingerprint density at radius 1 is 1.44 bits per heavy atom. The van der Waals surface area contributed by atoms with Crippen LogP contribution in [0.25, 0.3) is 0 Å². The fraction of sp³-hybridized carbons (Fsp3) is 0.750. The van der Waals surface area contributed by atoms with E-state index < -0.39 is 18.3 Å². The molecule has 0 spiro atoms. The second kappa shape index (κ2) is 3.70. The number of halogens is 3. The molecule has 0 bridgehead atoms. The molecule has 1 aliphatic rings. The van der Waals surface area contributed by atoms with Gasteiger partial charge in [0.15, 0.2) is 5.82 Å². The van der Waals surface area contributed by atoms with Crippen LogP contribution < -0.4 is 5.73 Å². The summed E-state index contributed by atoms with van der Waals surface area (Å²) in [6.45, 7) is -1.66. The van der Waals surface area contributed by atoms with Gasteiger partial charge in [0.05, 0.1) is 5.54 Å². The maximum Gasteiger partial charge on any atom is 0.411 e. The quantitative estimate of drug-likeness (QED) is 0.848. The Labute approximate surface area is 88.8 Å². The van der Waals surface area contributed by atoms with E-state index in [1.807, 2.05) is 0 Å². The monoisotopic (exact) mass is 237 g/mol. The van der Waals surface area contributed by atoms with E-state index in [-0.39, 0.29) is 18.3 Å². The Hall–Kier alpha value is -1.15. The third-order valence-corrected chi connectivity index (χ3v) is 2.18. The fourth-order valence-corrected chi connectivity index (χ4v) is 1.12. The van der Waals surface area contributed by atoms with E-state index in [2.05, 4.69) is 14.9 Å². The summed E-state index contributed by atoms with van der Waals surface area (Å²) in [6.07, 6.45) is -2.85. The molecule has 16 heavy (non-hydrogen) atoms. The molecule has 1 aromatic heterocycles. The zero-order valence-electron chi connectivity index (χ0n) is 8.25. The van der Waals surface area contributed by atoms with Crippen molar-refractivity contribution in [3.05, 3.63) is 11.7 Å². The zero-order chi connectivity index (χ0) is 11.8. The van der Waals surface area contributed by atoms with E-state index in [0.29, 0.717) is 0 Å².